The molecule has 0 spiro atoms. The summed E-state index contributed by atoms with van der Waals surface area (Å²) in [6.45, 7) is 2.53. The van der Waals surface area contributed by atoms with Crippen LogP contribution in [-0.2, 0) is 4.79 Å². The number of Topliss-reactive ketones (excluding diaryl/α,β-unsaturated/α-hetero) is 1. The number of hydrogen-bond acceptors (Lipinski definition) is 3. The third-order valence-corrected chi connectivity index (χ3v) is 2.58. The maximum atomic E-state index is 11.1. The summed E-state index contributed by atoms with van der Waals surface area (Å²) < 4.78 is 0. The molecule has 0 aliphatic carbocycles. The molecule has 2 aliphatic heterocycles. The van der Waals surface area contributed by atoms with Gasteiger partial charge in [-0.1, -0.05) is 0 Å². The lowest BCUT2D eigenvalue weighted by atomic mass is 9.94. The van der Waals surface area contributed by atoms with Crippen LogP contribution in [-0.4, -0.2) is 30.6 Å². The number of fused-ring (bicyclic) bond motifs is 1. The van der Waals surface area contributed by atoms with Crippen LogP contribution in [0, 0.1) is 5.92 Å². The average Bonchev–Trinajstić information content (AvgIpc) is 2.41. The summed E-state index contributed by atoms with van der Waals surface area (Å²) in [4.78, 5) is 15.4. The van der Waals surface area contributed by atoms with Crippen molar-refractivity contribution in [3.8, 4) is 0 Å². The van der Waals surface area contributed by atoms with Gasteiger partial charge in [0.25, 0.3) is 0 Å². The SMILES string of the molecule is CC(=O)C1NCC2N=CCC21. The van der Waals surface area contributed by atoms with Gasteiger partial charge in [0.2, 0.25) is 0 Å². The standard InChI is InChI=1S/C8H12N2O/c1-5(11)8-6-2-3-9-7(6)4-10-8/h3,6-8,10H,2,4H2,1H3. The highest BCUT2D eigenvalue weighted by atomic mass is 16.1. The molecule has 1 N–H and O–H groups in total. The van der Waals surface area contributed by atoms with E-state index < -0.39 is 0 Å². The van der Waals surface area contributed by atoms with Gasteiger partial charge in [0, 0.05) is 12.5 Å². The Balaban J connectivity index is 2.12. The van der Waals surface area contributed by atoms with Gasteiger partial charge in [0.1, 0.15) is 5.78 Å². The van der Waals surface area contributed by atoms with E-state index in [1.165, 1.54) is 0 Å². The van der Waals surface area contributed by atoms with E-state index in [1.807, 2.05) is 6.21 Å². The molecule has 60 valence electrons. The third-order valence-electron chi connectivity index (χ3n) is 2.58. The van der Waals surface area contributed by atoms with E-state index in [2.05, 4.69) is 10.3 Å². The Labute approximate surface area is 65.9 Å². The Kier molecular flexibility index (Phi) is 1.53. The van der Waals surface area contributed by atoms with Crippen LogP contribution in [0.3, 0.4) is 0 Å². The molecule has 3 atom stereocenters. The predicted octanol–water partition coefficient (Wildman–Crippen LogP) is 0.00650. The summed E-state index contributed by atoms with van der Waals surface area (Å²) >= 11 is 0. The Morgan fingerprint density at radius 3 is 3.27 bits per heavy atom. The van der Waals surface area contributed by atoms with Crippen molar-refractivity contribution in [2.45, 2.75) is 25.4 Å². The van der Waals surface area contributed by atoms with E-state index in [-0.39, 0.29) is 11.8 Å². The summed E-state index contributed by atoms with van der Waals surface area (Å²) in [7, 11) is 0. The molecule has 0 saturated carbocycles. The van der Waals surface area contributed by atoms with E-state index in [1.54, 1.807) is 6.92 Å². The van der Waals surface area contributed by atoms with E-state index in [9.17, 15) is 4.79 Å². The summed E-state index contributed by atoms with van der Waals surface area (Å²) in [5.74, 6) is 0.704. The van der Waals surface area contributed by atoms with Crippen LogP contribution in [0.5, 0.6) is 0 Å². The molecule has 3 unspecified atom stereocenters. The van der Waals surface area contributed by atoms with Crippen LogP contribution in [0.15, 0.2) is 4.99 Å². The second kappa shape index (κ2) is 2.41. The van der Waals surface area contributed by atoms with Crippen LogP contribution < -0.4 is 5.32 Å². The van der Waals surface area contributed by atoms with Gasteiger partial charge in [0.15, 0.2) is 0 Å². The molecule has 1 saturated heterocycles. The summed E-state index contributed by atoms with van der Waals surface area (Å²) in [6.07, 6.45) is 2.92. The zero-order valence-electron chi connectivity index (χ0n) is 6.58. The zero-order valence-corrected chi connectivity index (χ0v) is 6.58. The first-order valence-corrected chi connectivity index (χ1v) is 4.04. The van der Waals surface area contributed by atoms with Gasteiger partial charge < -0.3 is 5.32 Å². The molecular formula is C8H12N2O. The summed E-state index contributed by atoms with van der Waals surface area (Å²) in [5, 5.41) is 3.19. The highest BCUT2D eigenvalue weighted by molar-refractivity contribution is 5.83. The minimum absolute atomic E-state index is 0.0718. The molecule has 0 radical (unpaired) electrons. The van der Waals surface area contributed by atoms with E-state index in [4.69, 9.17) is 0 Å². The molecule has 2 aliphatic rings. The zero-order chi connectivity index (χ0) is 7.84. The molecule has 1 fully saturated rings. The quantitative estimate of drug-likeness (QED) is 0.575. The molecule has 11 heavy (non-hydrogen) atoms. The first-order valence-electron chi connectivity index (χ1n) is 4.04. The lowest BCUT2D eigenvalue weighted by Gasteiger charge is -2.12. The Morgan fingerprint density at radius 2 is 2.55 bits per heavy atom. The van der Waals surface area contributed by atoms with Crippen molar-refractivity contribution in [3.05, 3.63) is 0 Å². The van der Waals surface area contributed by atoms with E-state index in [0.29, 0.717) is 12.0 Å². The first kappa shape index (κ1) is 6.98. The monoisotopic (exact) mass is 152 g/mol. The van der Waals surface area contributed by atoms with Crippen molar-refractivity contribution in [2.24, 2.45) is 10.9 Å². The smallest absolute Gasteiger partial charge is 0.147 e. The number of carbonyl (C=O) groups excluding carboxylic acids is 1. The minimum atomic E-state index is 0.0718. The van der Waals surface area contributed by atoms with Gasteiger partial charge in [-0.05, 0) is 19.6 Å². The number of aliphatic imine (C=N–C) groups is 1. The lowest BCUT2D eigenvalue weighted by Crippen LogP contribution is -2.34. The molecule has 0 aromatic rings. The Morgan fingerprint density at radius 1 is 1.73 bits per heavy atom. The highest BCUT2D eigenvalue weighted by Gasteiger charge is 2.39. The van der Waals surface area contributed by atoms with Crippen LogP contribution in [0.2, 0.25) is 0 Å². The van der Waals surface area contributed by atoms with Crippen molar-refractivity contribution >= 4 is 12.0 Å². The number of ketones is 1. The van der Waals surface area contributed by atoms with E-state index >= 15 is 0 Å². The molecule has 2 heterocycles. The van der Waals surface area contributed by atoms with Gasteiger partial charge in [-0.25, -0.2) is 0 Å². The fourth-order valence-corrected chi connectivity index (χ4v) is 1.99. The fourth-order valence-electron chi connectivity index (χ4n) is 1.99. The summed E-state index contributed by atoms with van der Waals surface area (Å²) in [5.41, 5.74) is 0. The first-order chi connectivity index (χ1) is 5.29. The van der Waals surface area contributed by atoms with E-state index in [0.717, 1.165) is 13.0 Å². The molecule has 0 amide bonds. The molecule has 0 aromatic heterocycles. The van der Waals surface area contributed by atoms with Crippen molar-refractivity contribution in [1.82, 2.24) is 5.32 Å². The van der Waals surface area contributed by atoms with Gasteiger partial charge in [-0.2, -0.15) is 0 Å². The Bertz CT molecular complexity index is 212. The number of nitrogens with zero attached hydrogens (tertiary/aromatic N) is 1. The maximum Gasteiger partial charge on any atom is 0.147 e. The van der Waals surface area contributed by atoms with Gasteiger partial charge >= 0.3 is 0 Å². The normalized spacial score (nSPS) is 41.0. The van der Waals surface area contributed by atoms with Crippen molar-refractivity contribution in [1.29, 1.82) is 0 Å². The Hall–Kier alpha value is -0.700. The number of carbonyl (C=O) groups is 1. The molecule has 3 nitrogen and oxygen atoms in total. The van der Waals surface area contributed by atoms with Crippen molar-refractivity contribution in [2.75, 3.05) is 6.54 Å². The predicted molar refractivity (Wildman–Crippen MR) is 42.9 cm³/mol. The largest absolute Gasteiger partial charge is 0.305 e. The topological polar surface area (TPSA) is 41.5 Å². The fraction of sp³-hybridized carbons (Fsp3) is 0.750. The average molecular weight is 152 g/mol. The highest BCUT2D eigenvalue weighted by Crippen LogP contribution is 2.26. The molecule has 0 bridgehead atoms. The number of rotatable bonds is 1. The lowest BCUT2D eigenvalue weighted by molar-refractivity contribution is -0.119. The summed E-state index contributed by atoms with van der Waals surface area (Å²) in [6, 6.07) is 0.450. The van der Waals surface area contributed by atoms with Crippen LogP contribution >= 0.6 is 0 Å². The molecule has 3 heteroatoms. The van der Waals surface area contributed by atoms with Crippen LogP contribution in [0.25, 0.3) is 0 Å². The van der Waals surface area contributed by atoms with Crippen LogP contribution in [0.1, 0.15) is 13.3 Å². The maximum absolute atomic E-state index is 11.1. The third kappa shape index (κ3) is 0.997. The van der Waals surface area contributed by atoms with Gasteiger partial charge in [0.05, 0.1) is 12.1 Å². The number of nitrogens with one attached hydrogen (secondary N) is 1. The second-order valence-corrected chi connectivity index (χ2v) is 3.30. The van der Waals surface area contributed by atoms with Crippen molar-refractivity contribution in [3.63, 3.8) is 0 Å². The molecular weight excluding hydrogens is 140 g/mol. The van der Waals surface area contributed by atoms with Gasteiger partial charge in [-0.15, -0.1) is 0 Å². The number of hydrogen-bond donors (Lipinski definition) is 1. The molecule has 0 aromatic carbocycles. The second-order valence-electron chi connectivity index (χ2n) is 3.30. The molecule has 2 rings (SSSR count). The van der Waals surface area contributed by atoms with Gasteiger partial charge in [-0.3, -0.25) is 9.79 Å². The minimum Gasteiger partial charge on any atom is -0.305 e. The van der Waals surface area contributed by atoms with Crippen molar-refractivity contribution < 1.29 is 4.79 Å². The van der Waals surface area contributed by atoms with Crippen LogP contribution in [0.4, 0.5) is 0 Å².